The van der Waals surface area contributed by atoms with Crippen molar-refractivity contribution in [3.8, 4) is 11.3 Å². The minimum absolute atomic E-state index is 0.0125. The van der Waals surface area contributed by atoms with E-state index in [1.807, 2.05) is 36.6 Å². The lowest BCUT2D eigenvalue weighted by Crippen LogP contribution is -2.22. The molecule has 1 unspecified atom stereocenters. The monoisotopic (exact) mass is 457 g/mol. The van der Waals surface area contributed by atoms with Gasteiger partial charge in [-0.25, -0.2) is 9.37 Å². The highest BCUT2D eigenvalue weighted by molar-refractivity contribution is 8.00. The fourth-order valence-electron chi connectivity index (χ4n) is 2.73. The number of rotatable bonds is 9. The zero-order chi connectivity index (χ0) is 22.2. The smallest absolute Gasteiger partial charge is 0.239 e. The molecule has 2 aromatic carbocycles. The summed E-state index contributed by atoms with van der Waals surface area (Å²) in [5, 5.41) is 7.71. The molecule has 0 saturated carbocycles. The van der Waals surface area contributed by atoms with Gasteiger partial charge in [-0.05, 0) is 61.9 Å². The van der Waals surface area contributed by atoms with Gasteiger partial charge in [0.05, 0.1) is 10.9 Å². The van der Waals surface area contributed by atoms with E-state index >= 15 is 0 Å². The summed E-state index contributed by atoms with van der Waals surface area (Å²) in [6, 6.07) is 13.5. The molecule has 1 aromatic heterocycles. The molecule has 0 bridgehead atoms. The summed E-state index contributed by atoms with van der Waals surface area (Å²) >= 11 is 2.76. The molecular weight excluding hydrogens is 433 g/mol. The SMILES string of the molecule is CCCCC(=O)Nc1ccc(SC(C)C(=O)Nc2nc(-c3ccc(F)cc3)cs2)cc1. The molecule has 2 amide bonds. The number of nitrogens with one attached hydrogen (secondary N) is 2. The first-order chi connectivity index (χ1) is 14.9. The third kappa shape index (κ3) is 6.90. The van der Waals surface area contributed by atoms with Gasteiger partial charge in [0, 0.05) is 27.9 Å². The summed E-state index contributed by atoms with van der Waals surface area (Å²) < 4.78 is 13.1. The van der Waals surface area contributed by atoms with Crippen LogP contribution in [0.15, 0.2) is 58.8 Å². The number of unbranched alkanes of at least 4 members (excludes halogenated alkanes) is 1. The van der Waals surface area contributed by atoms with Crippen LogP contribution in [0.2, 0.25) is 0 Å². The Hall–Kier alpha value is -2.71. The van der Waals surface area contributed by atoms with Gasteiger partial charge in [-0.15, -0.1) is 23.1 Å². The lowest BCUT2D eigenvalue weighted by molar-refractivity contribution is -0.116. The normalized spacial score (nSPS) is 11.7. The fraction of sp³-hybridized carbons (Fsp3) is 0.261. The first-order valence-corrected chi connectivity index (χ1v) is 11.8. The summed E-state index contributed by atoms with van der Waals surface area (Å²) in [6.45, 7) is 3.88. The van der Waals surface area contributed by atoms with Gasteiger partial charge in [0.15, 0.2) is 5.13 Å². The minimum Gasteiger partial charge on any atom is -0.326 e. The zero-order valence-corrected chi connectivity index (χ0v) is 19.0. The number of nitrogens with zero attached hydrogens (tertiary/aromatic N) is 1. The maximum Gasteiger partial charge on any atom is 0.239 e. The third-order valence-electron chi connectivity index (χ3n) is 4.45. The molecular formula is C23H24FN3O2S2. The van der Waals surface area contributed by atoms with Crippen LogP contribution in [-0.4, -0.2) is 22.0 Å². The van der Waals surface area contributed by atoms with Crippen molar-refractivity contribution in [1.29, 1.82) is 0 Å². The molecule has 0 aliphatic rings. The van der Waals surface area contributed by atoms with Crippen LogP contribution in [0.25, 0.3) is 11.3 Å². The number of carbonyl (C=O) groups excluding carboxylic acids is 2. The maximum atomic E-state index is 13.1. The molecule has 3 aromatic rings. The van der Waals surface area contributed by atoms with Crippen LogP contribution in [0.4, 0.5) is 15.2 Å². The predicted octanol–water partition coefficient (Wildman–Crippen LogP) is 6.20. The van der Waals surface area contributed by atoms with Gasteiger partial charge in [-0.1, -0.05) is 13.3 Å². The topological polar surface area (TPSA) is 71.1 Å². The Morgan fingerprint density at radius 2 is 1.81 bits per heavy atom. The van der Waals surface area contributed by atoms with E-state index in [4.69, 9.17) is 0 Å². The number of benzene rings is 2. The molecule has 0 aliphatic heterocycles. The van der Waals surface area contributed by atoms with Crippen LogP contribution < -0.4 is 10.6 Å². The van der Waals surface area contributed by atoms with Gasteiger partial charge in [0.1, 0.15) is 5.82 Å². The van der Waals surface area contributed by atoms with Crippen molar-refractivity contribution in [3.05, 3.63) is 59.7 Å². The highest BCUT2D eigenvalue weighted by atomic mass is 32.2. The van der Waals surface area contributed by atoms with Gasteiger partial charge in [0.25, 0.3) is 0 Å². The van der Waals surface area contributed by atoms with Crippen molar-refractivity contribution in [2.24, 2.45) is 0 Å². The van der Waals surface area contributed by atoms with Crippen molar-refractivity contribution in [2.75, 3.05) is 10.6 Å². The molecule has 2 N–H and O–H groups in total. The molecule has 1 heterocycles. The Labute approximate surface area is 189 Å². The van der Waals surface area contributed by atoms with Crippen molar-refractivity contribution >= 4 is 45.7 Å². The molecule has 8 heteroatoms. The number of hydrogen-bond acceptors (Lipinski definition) is 5. The average molecular weight is 458 g/mol. The predicted molar refractivity (Wildman–Crippen MR) is 126 cm³/mol. The van der Waals surface area contributed by atoms with E-state index in [9.17, 15) is 14.0 Å². The van der Waals surface area contributed by atoms with E-state index in [0.29, 0.717) is 17.2 Å². The van der Waals surface area contributed by atoms with E-state index in [2.05, 4.69) is 22.5 Å². The second-order valence-corrected chi connectivity index (χ2v) is 9.24. The van der Waals surface area contributed by atoms with Gasteiger partial charge in [-0.3, -0.25) is 9.59 Å². The number of thioether (sulfide) groups is 1. The van der Waals surface area contributed by atoms with E-state index in [1.54, 1.807) is 12.1 Å². The molecule has 5 nitrogen and oxygen atoms in total. The first-order valence-electron chi connectivity index (χ1n) is 10.0. The summed E-state index contributed by atoms with van der Waals surface area (Å²) in [5.41, 5.74) is 2.23. The average Bonchev–Trinajstić information content (AvgIpc) is 3.22. The number of hydrogen-bond donors (Lipinski definition) is 2. The Morgan fingerprint density at radius 1 is 1.10 bits per heavy atom. The number of amides is 2. The van der Waals surface area contributed by atoms with E-state index in [-0.39, 0.29) is 22.9 Å². The molecule has 0 radical (unpaired) electrons. The van der Waals surface area contributed by atoms with E-state index in [0.717, 1.165) is 29.0 Å². The molecule has 162 valence electrons. The number of aromatic nitrogens is 1. The fourth-order valence-corrected chi connectivity index (χ4v) is 4.32. The van der Waals surface area contributed by atoms with Crippen LogP contribution in [0.1, 0.15) is 33.1 Å². The number of thiazole rings is 1. The quantitative estimate of drug-likeness (QED) is 0.376. The summed E-state index contributed by atoms with van der Waals surface area (Å²) in [5.74, 6) is -0.439. The largest absolute Gasteiger partial charge is 0.326 e. The summed E-state index contributed by atoms with van der Waals surface area (Å²) in [4.78, 5) is 29.7. The molecule has 1 atom stereocenters. The van der Waals surface area contributed by atoms with Crippen LogP contribution >= 0.6 is 23.1 Å². The summed E-state index contributed by atoms with van der Waals surface area (Å²) in [7, 11) is 0. The van der Waals surface area contributed by atoms with Crippen LogP contribution in [0.5, 0.6) is 0 Å². The van der Waals surface area contributed by atoms with Gasteiger partial charge in [-0.2, -0.15) is 0 Å². The molecule has 0 spiro atoms. The van der Waals surface area contributed by atoms with Gasteiger partial charge >= 0.3 is 0 Å². The van der Waals surface area contributed by atoms with E-state index in [1.165, 1.54) is 35.2 Å². The Morgan fingerprint density at radius 3 is 2.48 bits per heavy atom. The lowest BCUT2D eigenvalue weighted by Gasteiger charge is -2.11. The second kappa shape index (κ2) is 11.1. The number of halogens is 1. The first kappa shape index (κ1) is 23.0. The molecule has 31 heavy (non-hydrogen) atoms. The zero-order valence-electron chi connectivity index (χ0n) is 17.4. The van der Waals surface area contributed by atoms with Crippen LogP contribution in [0.3, 0.4) is 0 Å². The maximum absolute atomic E-state index is 13.1. The Bertz CT molecular complexity index is 1020. The molecule has 0 fully saturated rings. The van der Waals surface area contributed by atoms with Crippen molar-refractivity contribution in [1.82, 2.24) is 4.98 Å². The molecule has 3 rings (SSSR count). The van der Waals surface area contributed by atoms with Crippen molar-refractivity contribution < 1.29 is 14.0 Å². The highest BCUT2D eigenvalue weighted by Crippen LogP contribution is 2.28. The van der Waals surface area contributed by atoms with Crippen molar-refractivity contribution in [2.45, 2.75) is 43.3 Å². The third-order valence-corrected chi connectivity index (χ3v) is 6.32. The molecule has 0 saturated heterocycles. The Balaban J connectivity index is 1.52. The second-order valence-electron chi connectivity index (χ2n) is 6.97. The van der Waals surface area contributed by atoms with Gasteiger partial charge in [0.2, 0.25) is 11.8 Å². The van der Waals surface area contributed by atoms with Gasteiger partial charge < -0.3 is 10.6 Å². The highest BCUT2D eigenvalue weighted by Gasteiger charge is 2.16. The number of anilines is 2. The number of carbonyl (C=O) groups is 2. The standard InChI is InChI=1S/C23H24FN3O2S2/c1-3-4-5-21(28)25-18-10-12-19(13-11-18)31-15(2)22(29)27-23-26-20(14-30-23)16-6-8-17(24)9-7-16/h6-15H,3-5H2,1-2H3,(H,25,28)(H,26,27,29). The van der Waals surface area contributed by atoms with Crippen LogP contribution in [-0.2, 0) is 9.59 Å². The minimum atomic E-state index is -0.330. The van der Waals surface area contributed by atoms with Crippen LogP contribution in [0, 0.1) is 5.82 Å². The lowest BCUT2D eigenvalue weighted by atomic mass is 10.2. The van der Waals surface area contributed by atoms with Crippen molar-refractivity contribution in [3.63, 3.8) is 0 Å². The van der Waals surface area contributed by atoms with E-state index < -0.39 is 0 Å². The Kier molecular flexibility index (Phi) is 8.20. The molecule has 0 aliphatic carbocycles. The summed E-state index contributed by atoms with van der Waals surface area (Å²) in [6.07, 6.45) is 2.37.